The van der Waals surface area contributed by atoms with E-state index in [0.717, 1.165) is 23.5 Å². The highest BCUT2D eigenvalue weighted by Crippen LogP contribution is 2.34. The Morgan fingerprint density at radius 2 is 1.59 bits per heavy atom. The monoisotopic (exact) mass is 448 g/mol. The number of rotatable bonds is 5. The molecule has 144 valence electrons. The molecule has 0 radical (unpaired) electrons. The zero-order valence-corrected chi connectivity index (χ0v) is 17.8. The zero-order chi connectivity index (χ0) is 17.9. The quantitative estimate of drug-likeness (QED) is 0.625. The average Bonchev–Trinajstić information content (AvgIpc) is 2.69. The number of fused-ring (bicyclic) bond motifs is 3. The van der Waals surface area contributed by atoms with Crippen LogP contribution in [0.2, 0.25) is 0 Å². The highest BCUT2D eigenvalue weighted by atomic mass is 79.9. The second kappa shape index (κ2) is 9.22. The van der Waals surface area contributed by atoms with Crippen molar-refractivity contribution in [3.8, 4) is 11.1 Å². The summed E-state index contributed by atoms with van der Waals surface area (Å²) < 4.78 is 0. The fraction of sp³-hybridized carbons (Fsp3) is 0.409. The number of anilines is 1. The van der Waals surface area contributed by atoms with Crippen LogP contribution >= 0.6 is 28.3 Å². The molecular formula is C22H26BrClN2O. The Labute approximate surface area is 176 Å². The van der Waals surface area contributed by atoms with E-state index in [2.05, 4.69) is 62.5 Å². The van der Waals surface area contributed by atoms with Crippen LogP contribution in [0.25, 0.3) is 11.1 Å². The Bertz CT molecular complexity index is 755. The molecule has 2 aromatic rings. The molecule has 0 saturated carbocycles. The molecule has 3 heterocycles. The van der Waals surface area contributed by atoms with Crippen LogP contribution in [-0.2, 0) is 10.1 Å². The molecule has 5 rings (SSSR count). The molecule has 3 aliphatic heterocycles. The van der Waals surface area contributed by atoms with Crippen molar-refractivity contribution in [1.82, 2.24) is 4.90 Å². The summed E-state index contributed by atoms with van der Waals surface area (Å²) in [7, 11) is 0. The molecule has 3 fully saturated rings. The van der Waals surface area contributed by atoms with E-state index in [-0.39, 0.29) is 18.3 Å². The minimum atomic E-state index is 0. The van der Waals surface area contributed by atoms with E-state index in [4.69, 9.17) is 0 Å². The van der Waals surface area contributed by atoms with Crippen LogP contribution in [0.3, 0.4) is 0 Å². The molecule has 1 N–H and O–H groups in total. The summed E-state index contributed by atoms with van der Waals surface area (Å²) in [6.07, 6.45) is 3.18. The second-order valence-corrected chi connectivity index (χ2v) is 8.12. The van der Waals surface area contributed by atoms with Gasteiger partial charge in [0, 0.05) is 24.0 Å². The molecule has 0 spiro atoms. The number of nitrogens with one attached hydrogen (secondary N) is 1. The predicted octanol–water partition coefficient (Wildman–Crippen LogP) is 5.34. The summed E-state index contributed by atoms with van der Waals surface area (Å²) in [6.45, 7) is 3.54. The van der Waals surface area contributed by atoms with Crippen molar-refractivity contribution in [2.45, 2.75) is 24.6 Å². The van der Waals surface area contributed by atoms with Crippen LogP contribution in [0.4, 0.5) is 5.69 Å². The van der Waals surface area contributed by atoms with Crippen LogP contribution in [0.15, 0.2) is 48.5 Å². The maximum atomic E-state index is 12.4. The van der Waals surface area contributed by atoms with Gasteiger partial charge in [0.05, 0.1) is 0 Å². The fourth-order valence-corrected chi connectivity index (χ4v) is 4.68. The number of benzene rings is 2. The summed E-state index contributed by atoms with van der Waals surface area (Å²) in [5.74, 6) is 1.43. The number of carbonyl (C=O) groups is 1. The third-order valence-corrected chi connectivity index (χ3v) is 6.50. The lowest BCUT2D eigenvalue weighted by Gasteiger charge is -2.44. The largest absolute Gasteiger partial charge is 0.326 e. The average molecular weight is 450 g/mol. The van der Waals surface area contributed by atoms with Crippen molar-refractivity contribution in [2.75, 3.05) is 25.0 Å². The number of hydrogen-bond acceptors (Lipinski definition) is 2. The third kappa shape index (κ3) is 4.92. The molecular weight excluding hydrogens is 424 g/mol. The molecule has 3 nitrogen and oxygen atoms in total. The van der Waals surface area contributed by atoms with Crippen LogP contribution in [-0.4, -0.2) is 30.4 Å². The second-order valence-electron chi connectivity index (χ2n) is 7.56. The van der Waals surface area contributed by atoms with Crippen LogP contribution < -0.4 is 5.32 Å². The smallest absolute Gasteiger partial charge is 0.224 e. The number of halogens is 2. The van der Waals surface area contributed by atoms with Crippen LogP contribution in [0, 0.1) is 11.8 Å². The van der Waals surface area contributed by atoms with Crippen molar-refractivity contribution in [3.05, 3.63) is 54.1 Å². The van der Waals surface area contributed by atoms with Gasteiger partial charge in [-0.1, -0.05) is 52.3 Å². The normalized spacial score (nSPS) is 23.5. The highest BCUT2D eigenvalue weighted by molar-refractivity contribution is 9.08. The van der Waals surface area contributed by atoms with E-state index >= 15 is 0 Å². The van der Waals surface area contributed by atoms with E-state index < -0.39 is 0 Å². The van der Waals surface area contributed by atoms with Gasteiger partial charge in [-0.25, -0.2) is 0 Å². The number of amides is 1. The van der Waals surface area contributed by atoms with Gasteiger partial charge in [0.25, 0.3) is 0 Å². The molecule has 1 amide bonds. The molecule has 2 aromatic carbocycles. The maximum absolute atomic E-state index is 12.4. The van der Waals surface area contributed by atoms with Gasteiger partial charge in [-0.15, -0.1) is 12.4 Å². The minimum Gasteiger partial charge on any atom is -0.326 e. The Balaban J connectivity index is 0.00000210. The van der Waals surface area contributed by atoms with Gasteiger partial charge >= 0.3 is 0 Å². The first-order valence-corrected chi connectivity index (χ1v) is 10.6. The van der Waals surface area contributed by atoms with Gasteiger partial charge in [0.15, 0.2) is 0 Å². The molecule has 0 aromatic heterocycles. The van der Waals surface area contributed by atoms with Gasteiger partial charge in [-0.2, -0.15) is 0 Å². The Morgan fingerprint density at radius 1 is 1.00 bits per heavy atom. The van der Waals surface area contributed by atoms with Crippen molar-refractivity contribution in [1.29, 1.82) is 0 Å². The summed E-state index contributed by atoms with van der Waals surface area (Å²) in [6, 6.07) is 16.7. The number of hydrogen-bond donors (Lipinski definition) is 1. The first-order chi connectivity index (χ1) is 12.7. The summed E-state index contributed by atoms with van der Waals surface area (Å²) in [4.78, 5) is 15.0. The fourth-order valence-electron chi connectivity index (χ4n) is 4.30. The Hall–Kier alpha value is -1.36. The topological polar surface area (TPSA) is 32.3 Å². The van der Waals surface area contributed by atoms with Crippen LogP contribution in [0.5, 0.6) is 0 Å². The third-order valence-electron chi connectivity index (χ3n) is 5.85. The van der Waals surface area contributed by atoms with E-state index in [1.165, 1.54) is 42.6 Å². The first-order valence-electron chi connectivity index (χ1n) is 9.49. The number of piperidine rings is 3. The predicted molar refractivity (Wildman–Crippen MR) is 118 cm³/mol. The van der Waals surface area contributed by atoms with E-state index in [1.54, 1.807) is 0 Å². The van der Waals surface area contributed by atoms with Crippen molar-refractivity contribution >= 4 is 39.9 Å². The van der Waals surface area contributed by atoms with Gasteiger partial charge < -0.3 is 10.2 Å². The van der Waals surface area contributed by atoms with E-state index in [1.807, 2.05) is 12.1 Å². The molecule has 3 saturated heterocycles. The van der Waals surface area contributed by atoms with Gasteiger partial charge in [0.1, 0.15) is 0 Å². The Kier molecular flexibility index (Phi) is 6.96. The molecule has 27 heavy (non-hydrogen) atoms. The lowest BCUT2D eigenvalue weighted by Crippen LogP contribution is -2.48. The van der Waals surface area contributed by atoms with Crippen LogP contribution in [0.1, 0.15) is 24.8 Å². The van der Waals surface area contributed by atoms with Crippen molar-refractivity contribution in [3.63, 3.8) is 0 Å². The molecule has 0 aliphatic carbocycles. The summed E-state index contributed by atoms with van der Waals surface area (Å²) >= 11 is 3.47. The van der Waals surface area contributed by atoms with E-state index in [9.17, 15) is 4.79 Å². The number of nitrogens with zero attached hydrogens (tertiary/aromatic N) is 1. The van der Waals surface area contributed by atoms with E-state index in [0.29, 0.717) is 12.3 Å². The first kappa shape index (κ1) is 20.4. The molecule has 2 bridgehead atoms. The van der Waals surface area contributed by atoms with Crippen molar-refractivity contribution < 1.29 is 4.79 Å². The number of carbonyl (C=O) groups excluding carboxylic acids is 1. The highest BCUT2D eigenvalue weighted by Gasteiger charge is 2.34. The van der Waals surface area contributed by atoms with Gasteiger partial charge in [-0.05, 0) is 66.6 Å². The Morgan fingerprint density at radius 3 is 2.11 bits per heavy atom. The lowest BCUT2D eigenvalue weighted by molar-refractivity contribution is -0.118. The summed E-state index contributed by atoms with van der Waals surface area (Å²) in [5.41, 5.74) is 4.52. The molecule has 5 heteroatoms. The lowest BCUT2D eigenvalue weighted by atomic mass is 9.77. The zero-order valence-electron chi connectivity index (χ0n) is 15.4. The molecule has 1 unspecified atom stereocenters. The maximum Gasteiger partial charge on any atom is 0.224 e. The molecule has 3 aliphatic rings. The minimum absolute atomic E-state index is 0. The number of alkyl halides is 1. The molecule has 1 atom stereocenters. The van der Waals surface area contributed by atoms with Gasteiger partial charge in [0.2, 0.25) is 5.91 Å². The van der Waals surface area contributed by atoms with Crippen molar-refractivity contribution in [2.24, 2.45) is 11.8 Å². The SMILES string of the molecule is Cl.O=C(CC1CN2CCC1CC2)Nc1ccc(-c2ccc(CBr)cc2)cc1. The summed E-state index contributed by atoms with van der Waals surface area (Å²) in [5, 5.41) is 3.95. The van der Waals surface area contributed by atoms with Gasteiger partial charge in [-0.3, -0.25) is 4.79 Å². The standard InChI is InChI=1S/C22H25BrN2O.ClH/c23-14-16-1-3-17(4-2-16)18-5-7-21(8-6-18)24-22(26)13-20-15-25-11-9-19(20)10-12-25;/h1-8,19-20H,9-15H2,(H,24,26);1H.